The second kappa shape index (κ2) is 9.60. The molecular weight excluding hydrogens is 368 g/mol. The molecule has 0 saturated carbocycles. The van der Waals surface area contributed by atoms with E-state index in [9.17, 15) is 33.1 Å². The van der Waals surface area contributed by atoms with Crippen molar-refractivity contribution in [1.82, 2.24) is 5.32 Å². The van der Waals surface area contributed by atoms with E-state index in [1.807, 2.05) is 0 Å². The maximum Gasteiger partial charge on any atom is 0.326 e. The predicted molar refractivity (Wildman–Crippen MR) is 86.3 cm³/mol. The highest BCUT2D eigenvalue weighted by molar-refractivity contribution is 5.96. The van der Waals surface area contributed by atoms with Crippen molar-refractivity contribution in [3.05, 3.63) is 35.4 Å². The van der Waals surface area contributed by atoms with Crippen LogP contribution in [-0.4, -0.2) is 49.2 Å². The van der Waals surface area contributed by atoms with Gasteiger partial charge in [-0.05, 0) is 12.1 Å². The first-order valence-electron chi connectivity index (χ1n) is 7.74. The molecule has 1 amide bonds. The Hall–Kier alpha value is -3.04. The number of hydrogen-bond acceptors (Lipinski definition) is 6. The molecule has 0 aliphatic carbocycles. The minimum atomic E-state index is -1.71. The van der Waals surface area contributed by atoms with Crippen LogP contribution in [-0.2, 0) is 35.1 Å². The van der Waals surface area contributed by atoms with Gasteiger partial charge in [-0.25, -0.2) is 13.6 Å². The van der Waals surface area contributed by atoms with Crippen molar-refractivity contribution in [1.29, 1.82) is 0 Å². The molecule has 0 unspecified atom stereocenters. The van der Waals surface area contributed by atoms with Crippen LogP contribution >= 0.6 is 0 Å². The Labute approximate surface area is 153 Å². The topological polar surface area (TPSA) is 119 Å². The Morgan fingerprint density at radius 1 is 1.07 bits per heavy atom. The number of carbonyl (C=O) groups excluding carboxylic acids is 3. The number of ether oxygens (including phenoxy) is 2. The predicted octanol–water partition coefficient (Wildman–Crippen LogP) is 0.675. The van der Waals surface area contributed by atoms with E-state index in [4.69, 9.17) is 0 Å². The molecule has 0 aliphatic heterocycles. The number of aliphatic carboxylic acids is 1. The Bertz CT molecular complexity index is 702. The van der Waals surface area contributed by atoms with Crippen molar-refractivity contribution in [2.45, 2.75) is 19.4 Å². The lowest BCUT2D eigenvalue weighted by atomic mass is 9.87. The minimum absolute atomic E-state index is 0.538. The second-order valence-electron chi connectivity index (χ2n) is 5.64. The van der Waals surface area contributed by atoms with Gasteiger partial charge in [0.15, 0.2) is 5.92 Å². The third-order valence-corrected chi connectivity index (χ3v) is 3.94. The third kappa shape index (κ3) is 5.47. The minimum Gasteiger partial charge on any atom is -0.480 e. The number of esters is 2. The number of carboxylic acid groups (broad SMARTS) is 1. The first kappa shape index (κ1) is 22.0. The van der Waals surface area contributed by atoms with E-state index in [1.54, 1.807) is 0 Å². The Kier molecular flexibility index (Phi) is 7.82. The van der Waals surface area contributed by atoms with E-state index < -0.39 is 65.3 Å². The van der Waals surface area contributed by atoms with Crippen molar-refractivity contribution < 1.29 is 42.5 Å². The fourth-order valence-electron chi connectivity index (χ4n) is 2.48. The van der Waals surface area contributed by atoms with E-state index in [0.717, 1.165) is 32.4 Å². The maximum atomic E-state index is 13.6. The Morgan fingerprint density at radius 2 is 1.56 bits per heavy atom. The van der Waals surface area contributed by atoms with Gasteiger partial charge in [0.25, 0.3) is 0 Å². The summed E-state index contributed by atoms with van der Waals surface area (Å²) in [4.78, 5) is 47.3. The Balaban J connectivity index is 3.03. The number of nitrogens with one attached hydrogen (secondary N) is 1. The van der Waals surface area contributed by atoms with Gasteiger partial charge in [-0.2, -0.15) is 0 Å². The second-order valence-corrected chi connectivity index (χ2v) is 5.64. The monoisotopic (exact) mass is 387 g/mol. The van der Waals surface area contributed by atoms with Crippen LogP contribution in [0.4, 0.5) is 8.78 Å². The molecule has 148 valence electrons. The summed E-state index contributed by atoms with van der Waals surface area (Å²) < 4.78 is 36.2. The maximum absolute atomic E-state index is 13.6. The van der Waals surface area contributed by atoms with Gasteiger partial charge in [-0.1, -0.05) is 13.0 Å². The lowest BCUT2D eigenvalue weighted by Gasteiger charge is -2.26. The normalized spacial score (nSPS) is 12.8. The largest absolute Gasteiger partial charge is 0.480 e. The molecule has 0 aliphatic rings. The molecule has 10 heteroatoms. The molecule has 8 nitrogen and oxygen atoms in total. The quantitative estimate of drug-likeness (QED) is 0.497. The fraction of sp³-hybridized carbons (Fsp3) is 0.412. The lowest BCUT2D eigenvalue weighted by Crippen LogP contribution is -2.51. The van der Waals surface area contributed by atoms with Crippen molar-refractivity contribution in [2.75, 3.05) is 14.2 Å². The summed E-state index contributed by atoms with van der Waals surface area (Å²) in [5, 5.41) is 11.4. The van der Waals surface area contributed by atoms with Crippen LogP contribution in [0.25, 0.3) is 0 Å². The van der Waals surface area contributed by atoms with Crippen LogP contribution in [0, 0.1) is 23.5 Å². The van der Waals surface area contributed by atoms with Gasteiger partial charge < -0.3 is 19.9 Å². The van der Waals surface area contributed by atoms with Crippen LogP contribution in [0.5, 0.6) is 0 Å². The van der Waals surface area contributed by atoms with Crippen LogP contribution in [0.1, 0.15) is 12.5 Å². The number of benzene rings is 1. The van der Waals surface area contributed by atoms with Crippen LogP contribution in [0.15, 0.2) is 18.2 Å². The standard InChI is InChI=1S/C17H19F2NO7/c1-8(13(16(24)26-2)17(25)27-3)14(15(22)23)20-12(21)7-9-10(18)5-4-6-11(9)19/h4-6,8,13-14H,7H2,1-3H3,(H,20,21)(H,22,23)/t8-,14+/m1/s1. The highest BCUT2D eigenvalue weighted by Gasteiger charge is 2.42. The van der Waals surface area contributed by atoms with Gasteiger partial charge in [0, 0.05) is 11.5 Å². The van der Waals surface area contributed by atoms with Gasteiger partial charge in [0.05, 0.1) is 20.6 Å². The lowest BCUT2D eigenvalue weighted by molar-refractivity contribution is -0.163. The summed E-state index contributed by atoms with van der Waals surface area (Å²) in [5.41, 5.74) is -0.538. The van der Waals surface area contributed by atoms with E-state index in [1.165, 1.54) is 6.92 Å². The number of methoxy groups -OCH3 is 2. The average Bonchev–Trinajstić information content (AvgIpc) is 2.62. The smallest absolute Gasteiger partial charge is 0.326 e. The molecule has 0 saturated heterocycles. The van der Waals surface area contributed by atoms with Gasteiger partial charge in [-0.3, -0.25) is 14.4 Å². The SMILES string of the molecule is COC(=O)C(C(=O)OC)[C@@H](C)[C@H](NC(=O)Cc1c(F)cccc1F)C(=O)O. The van der Waals surface area contributed by atoms with Gasteiger partial charge in [0.2, 0.25) is 5.91 Å². The van der Waals surface area contributed by atoms with E-state index in [2.05, 4.69) is 14.8 Å². The molecule has 0 bridgehead atoms. The summed E-state index contributed by atoms with van der Waals surface area (Å²) in [6.07, 6.45) is -0.768. The highest BCUT2D eigenvalue weighted by atomic mass is 19.1. The molecule has 1 rings (SSSR count). The van der Waals surface area contributed by atoms with Crippen molar-refractivity contribution in [3.63, 3.8) is 0 Å². The molecule has 0 radical (unpaired) electrons. The summed E-state index contributed by atoms with van der Waals surface area (Å²) in [6.45, 7) is 1.22. The molecule has 0 spiro atoms. The van der Waals surface area contributed by atoms with E-state index >= 15 is 0 Å². The molecular formula is C17H19F2NO7. The fourth-order valence-corrected chi connectivity index (χ4v) is 2.48. The Morgan fingerprint density at radius 3 is 1.96 bits per heavy atom. The molecule has 0 aromatic heterocycles. The number of carboxylic acids is 1. The molecule has 2 atom stereocenters. The van der Waals surface area contributed by atoms with Crippen molar-refractivity contribution in [3.8, 4) is 0 Å². The van der Waals surface area contributed by atoms with E-state index in [-0.39, 0.29) is 0 Å². The van der Waals surface area contributed by atoms with Gasteiger partial charge >= 0.3 is 17.9 Å². The van der Waals surface area contributed by atoms with Gasteiger partial charge in [0.1, 0.15) is 17.7 Å². The molecule has 2 N–H and O–H groups in total. The van der Waals surface area contributed by atoms with Crippen LogP contribution in [0.2, 0.25) is 0 Å². The summed E-state index contributed by atoms with van der Waals surface area (Å²) in [6, 6.07) is 1.31. The van der Waals surface area contributed by atoms with E-state index in [0.29, 0.717) is 0 Å². The van der Waals surface area contributed by atoms with Gasteiger partial charge in [-0.15, -0.1) is 0 Å². The highest BCUT2D eigenvalue weighted by Crippen LogP contribution is 2.20. The zero-order chi connectivity index (χ0) is 20.7. The number of halogens is 2. The number of hydrogen-bond donors (Lipinski definition) is 2. The van der Waals surface area contributed by atoms with Crippen molar-refractivity contribution >= 4 is 23.8 Å². The number of amides is 1. The molecule has 0 fully saturated rings. The molecule has 1 aromatic carbocycles. The zero-order valence-electron chi connectivity index (χ0n) is 14.8. The van der Waals surface area contributed by atoms with Crippen LogP contribution < -0.4 is 5.32 Å². The summed E-state index contributed by atoms with van der Waals surface area (Å²) >= 11 is 0. The number of rotatable bonds is 8. The summed E-state index contributed by atoms with van der Waals surface area (Å²) in [7, 11) is 2.00. The first-order valence-corrected chi connectivity index (χ1v) is 7.74. The average molecular weight is 387 g/mol. The van der Waals surface area contributed by atoms with Crippen molar-refractivity contribution in [2.24, 2.45) is 11.8 Å². The zero-order valence-corrected chi connectivity index (χ0v) is 14.8. The first-order chi connectivity index (χ1) is 12.6. The molecule has 27 heavy (non-hydrogen) atoms. The summed E-state index contributed by atoms with van der Waals surface area (Å²) in [5.74, 6) is -9.47. The third-order valence-electron chi connectivity index (χ3n) is 3.94. The molecule has 1 aromatic rings. The van der Waals surface area contributed by atoms with Crippen LogP contribution in [0.3, 0.4) is 0 Å². The number of carbonyl (C=O) groups is 4. The molecule has 0 heterocycles.